The Kier molecular flexibility index (Phi) is 8.26. The molecule has 1 atom stereocenters. The third kappa shape index (κ3) is 6.78. The van der Waals surface area contributed by atoms with E-state index < -0.39 is 29.7 Å². The number of amides is 1. The van der Waals surface area contributed by atoms with E-state index in [0.717, 1.165) is 23.3 Å². The number of halogens is 4. The van der Waals surface area contributed by atoms with E-state index >= 15 is 0 Å². The number of benzene rings is 4. The van der Waals surface area contributed by atoms with Gasteiger partial charge < -0.3 is 15.2 Å². The number of carbonyl (C=O) groups excluding carboxylic acids is 1. The van der Waals surface area contributed by atoms with Crippen molar-refractivity contribution in [3.8, 4) is 28.0 Å². The molecule has 4 aromatic rings. The fourth-order valence-electron chi connectivity index (χ4n) is 4.07. The predicted molar refractivity (Wildman–Crippen MR) is 143 cm³/mol. The molecule has 0 saturated heterocycles. The Morgan fingerprint density at radius 1 is 0.872 bits per heavy atom. The molecule has 0 heterocycles. The van der Waals surface area contributed by atoms with Gasteiger partial charge in [-0.2, -0.15) is 13.2 Å². The number of carboxylic acid groups (broad SMARTS) is 1. The number of carboxylic acids is 1. The van der Waals surface area contributed by atoms with Gasteiger partial charge in [0.15, 0.2) is 0 Å². The van der Waals surface area contributed by atoms with Crippen molar-refractivity contribution in [2.45, 2.75) is 18.6 Å². The third-order valence-corrected chi connectivity index (χ3v) is 6.40. The standard InChI is InChI=1S/C30H23ClF3NO4/c1-39-27-15-14-24(31)17-25(27)21-4-2-18(3-5-21)16-26(29(37)38)35-28(36)22-8-6-19(7-9-22)20-10-12-23(13-11-20)30(32,33)34/h2-15,17,26H,16H2,1H3,(H,35,36)(H,37,38). The molecule has 1 unspecified atom stereocenters. The summed E-state index contributed by atoms with van der Waals surface area (Å²) < 4.78 is 43.8. The second-order valence-electron chi connectivity index (χ2n) is 8.76. The van der Waals surface area contributed by atoms with Gasteiger partial charge >= 0.3 is 12.1 Å². The number of ether oxygens (including phenoxy) is 1. The molecule has 0 aliphatic heterocycles. The molecule has 200 valence electrons. The highest BCUT2D eigenvalue weighted by Crippen LogP contribution is 2.33. The molecule has 4 aromatic carbocycles. The van der Waals surface area contributed by atoms with E-state index in [0.29, 0.717) is 27.5 Å². The van der Waals surface area contributed by atoms with Gasteiger partial charge in [0.05, 0.1) is 12.7 Å². The van der Waals surface area contributed by atoms with Crippen molar-refractivity contribution in [1.82, 2.24) is 5.32 Å². The van der Waals surface area contributed by atoms with Crippen molar-refractivity contribution < 1.29 is 32.6 Å². The number of aliphatic carboxylic acids is 1. The minimum atomic E-state index is -4.42. The number of carbonyl (C=O) groups is 2. The molecule has 9 heteroatoms. The van der Waals surface area contributed by atoms with Gasteiger partial charge in [-0.05, 0) is 64.7 Å². The van der Waals surface area contributed by atoms with Gasteiger partial charge in [-0.1, -0.05) is 60.1 Å². The Labute approximate surface area is 227 Å². The molecule has 0 bridgehead atoms. The quantitative estimate of drug-likeness (QED) is 0.243. The Hall–Kier alpha value is -4.30. The van der Waals surface area contributed by atoms with Crippen LogP contribution in [-0.2, 0) is 17.4 Å². The molecule has 2 N–H and O–H groups in total. The van der Waals surface area contributed by atoms with Crippen LogP contribution in [0, 0.1) is 0 Å². The molecular formula is C30H23ClF3NO4. The van der Waals surface area contributed by atoms with E-state index in [1.807, 2.05) is 12.1 Å². The lowest BCUT2D eigenvalue weighted by atomic mass is 9.99. The zero-order valence-corrected chi connectivity index (χ0v) is 21.4. The van der Waals surface area contributed by atoms with Crippen molar-refractivity contribution >= 4 is 23.5 Å². The molecule has 4 rings (SSSR count). The summed E-state index contributed by atoms with van der Waals surface area (Å²) in [5.74, 6) is -1.13. The molecule has 1 amide bonds. The highest BCUT2D eigenvalue weighted by molar-refractivity contribution is 6.31. The molecule has 0 aliphatic rings. The van der Waals surface area contributed by atoms with Gasteiger partial charge in [0.25, 0.3) is 5.91 Å². The number of hydrogen-bond acceptors (Lipinski definition) is 3. The van der Waals surface area contributed by atoms with Crippen LogP contribution in [0.5, 0.6) is 5.75 Å². The minimum absolute atomic E-state index is 0.0532. The maximum atomic E-state index is 12.8. The number of methoxy groups -OCH3 is 1. The summed E-state index contributed by atoms with van der Waals surface area (Å²) >= 11 is 6.12. The monoisotopic (exact) mass is 553 g/mol. The van der Waals surface area contributed by atoms with Crippen LogP contribution < -0.4 is 10.1 Å². The molecule has 0 aromatic heterocycles. The predicted octanol–water partition coefficient (Wildman–Crippen LogP) is 7.13. The lowest BCUT2D eigenvalue weighted by molar-refractivity contribution is -0.139. The lowest BCUT2D eigenvalue weighted by Crippen LogP contribution is -2.42. The fraction of sp³-hybridized carbons (Fsp3) is 0.133. The number of alkyl halides is 3. The second kappa shape index (κ2) is 11.6. The Morgan fingerprint density at radius 2 is 1.44 bits per heavy atom. The van der Waals surface area contributed by atoms with E-state index in [1.165, 1.54) is 24.3 Å². The van der Waals surface area contributed by atoms with Crippen LogP contribution in [-0.4, -0.2) is 30.1 Å². The summed E-state index contributed by atoms with van der Waals surface area (Å²) in [4.78, 5) is 24.7. The first-order chi connectivity index (χ1) is 18.5. The number of nitrogens with one attached hydrogen (secondary N) is 1. The zero-order chi connectivity index (χ0) is 28.2. The van der Waals surface area contributed by atoms with Gasteiger partial charge in [-0.25, -0.2) is 4.79 Å². The first-order valence-electron chi connectivity index (χ1n) is 11.8. The van der Waals surface area contributed by atoms with Crippen LogP contribution in [0.25, 0.3) is 22.3 Å². The molecular weight excluding hydrogens is 531 g/mol. The average Bonchev–Trinajstić information content (AvgIpc) is 2.92. The number of hydrogen-bond donors (Lipinski definition) is 2. The number of rotatable bonds is 8. The second-order valence-corrected chi connectivity index (χ2v) is 9.20. The van der Waals surface area contributed by atoms with Gasteiger partial charge in [0.1, 0.15) is 11.8 Å². The maximum Gasteiger partial charge on any atom is 0.416 e. The van der Waals surface area contributed by atoms with Crippen LogP contribution in [0.4, 0.5) is 13.2 Å². The van der Waals surface area contributed by atoms with Crippen LogP contribution in [0.1, 0.15) is 21.5 Å². The van der Waals surface area contributed by atoms with E-state index in [2.05, 4.69) is 5.32 Å². The van der Waals surface area contributed by atoms with Gasteiger partial charge in [0.2, 0.25) is 0 Å². The topological polar surface area (TPSA) is 75.6 Å². The summed E-state index contributed by atoms with van der Waals surface area (Å²) in [6.07, 6.45) is -4.37. The summed E-state index contributed by atoms with van der Waals surface area (Å²) in [6, 6.07) is 22.1. The SMILES string of the molecule is COc1ccc(Cl)cc1-c1ccc(CC(NC(=O)c2ccc(-c3ccc(C(F)(F)F)cc3)cc2)C(=O)O)cc1. The van der Waals surface area contributed by atoms with Gasteiger partial charge in [0, 0.05) is 22.6 Å². The van der Waals surface area contributed by atoms with Crippen LogP contribution in [0.15, 0.2) is 91.0 Å². The Balaban J connectivity index is 1.44. The van der Waals surface area contributed by atoms with Crippen molar-refractivity contribution in [3.63, 3.8) is 0 Å². The van der Waals surface area contributed by atoms with Crippen LogP contribution >= 0.6 is 11.6 Å². The molecule has 0 spiro atoms. The Morgan fingerprint density at radius 3 is 1.97 bits per heavy atom. The third-order valence-electron chi connectivity index (χ3n) is 6.16. The van der Waals surface area contributed by atoms with Crippen LogP contribution in [0.3, 0.4) is 0 Å². The van der Waals surface area contributed by atoms with Crippen molar-refractivity contribution in [1.29, 1.82) is 0 Å². The van der Waals surface area contributed by atoms with Crippen molar-refractivity contribution in [2.75, 3.05) is 7.11 Å². The summed E-state index contributed by atoms with van der Waals surface area (Å²) in [5.41, 5.74) is 2.97. The largest absolute Gasteiger partial charge is 0.496 e. The highest BCUT2D eigenvalue weighted by Gasteiger charge is 2.30. The molecule has 0 aliphatic carbocycles. The first kappa shape index (κ1) is 27.7. The van der Waals surface area contributed by atoms with Crippen molar-refractivity contribution in [3.05, 3.63) is 113 Å². The van der Waals surface area contributed by atoms with E-state index in [1.54, 1.807) is 49.6 Å². The van der Waals surface area contributed by atoms with Crippen LogP contribution in [0.2, 0.25) is 5.02 Å². The summed E-state index contributed by atoms with van der Waals surface area (Å²) in [6.45, 7) is 0. The molecule has 0 saturated carbocycles. The van der Waals surface area contributed by atoms with Crippen molar-refractivity contribution in [2.24, 2.45) is 0 Å². The summed E-state index contributed by atoms with van der Waals surface area (Å²) in [5, 5.41) is 12.8. The molecule has 5 nitrogen and oxygen atoms in total. The highest BCUT2D eigenvalue weighted by atomic mass is 35.5. The zero-order valence-electron chi connectivity index (χ0n) is 20.6. The van der Waals surface area contributed by atoms with Gasteiger partial charge in [-0.15, -0.1) is 0 Å². The maximum absolute atomic E-state index is 12.8. The lowest BCUT2D eigenvalue weighted by Gasteiger charge is -2.16. The van der Waals surface area contributed by atoms with Gasteiger partial charge in [-0.3, -0.25) is 4.79 Å². The molecule has 0 fully saturated rings. The van der Waals surface area contributed by atoms with E-state index in [9.17, 15) is 27.9 Å². The van der Waals surface area contributed by atoms with E-state index in [4.69, 9.17) is 16.3 Å². The average molecular weight is 554 g/mol. The first-order valence-corrected chi connectivity index (χ1v) is 12.2. The molecule has 39 heavy (non-hydrogen) atoms. The Bertz CT molecular complexity index is 1470. The smallest absolute Gasteiger partial charge is 0.416 e. The normalized spacial score (nSPS) is 12.0. The van der Waals surface area contributed by atoms with E-state index in [-0.39, 0.29) is 12.0 Å². The minimum Gasteiger partial charge on any atom is -0.496 e. The summed E-state index contributed by atoms with van der Waals surface area (Å²) in [7, 11) is 1.56. The fourth-order valence-corrected chi connectivity index (χ4v) is 4.24. The molecule has 0 radical (unpaired) electrons.